The first kappa shape index (κ1) is 20.7. The number of ether oxygens (including phenoxy) is 1. The van der Waals surface area contributed by atoms with Crippen molar-refractivity contribution >= 4 is 34.0 Å². The lowest BCUT2D eigenvalue weighted by Crippen LogP contribution is -2.23. The summed E-state index contributed by atoms with van der Waals surface area (Å²) in [5.41, 5.74) is 6.07. The summed E-state index contributed by atoms with van der Waals surface area (Å²) >= 11 is 1.35. The van der Waals surface area contributed by atoms with Gasteiger partial charge >= 0.3 is 5.97 Å². The molecule has 0 unspecified atom stereocenters. The smallest absolute Gasteiger partial charge is 0.338 e. The Labute approximate surface area is 175 Å². The van der Waals surface area contributed by atoms with Crippen LogP contribution in [0.2, 0.25) is 0 Å². The number of hydrogen-bond acceptors (Lipinski definition) is 5. The fourth-order valence-electron chi connectivity index (χ4n) is 3.19. The van der Waals surface area contributed by atoms with Crippen LogP contribution in [0.1, 0.15) is 45.2 Å². The number of amides is 1. The second-order valence-electron chi connectivity index (χ2n) is 7.16. The second kappa shape index (κ2) is 8.57. The van der Waals surface area contributed by atoms with Gasteiger partial charge in [-0.25, -0.2) is 9.78 Å². The molecule has 2 aromatic carbocycles. The van der Waals surface area contributed by atoms with E-state index in [9.17, 15) is 9.59 Å². The van der Waals surface area contributed by atoms with Gasteiger partial charge < -0.3 is 4.74 Å². The van der Waals surface area contributed by atoms with Crippen molar-refractivity contribution in [1.29, 1.82) is 0 Å². The first-order chi connectivity index (χ1) is 13.8. The molecular weight excluding hydrogens is 384 g/mol. The SMILES string of the molecule is CC(=O)N(c1nc(COC(=O)c2ccc(C)cc2C)cs1)c1ccc(C)cc1C. The van der Waals surface area contributed by atoms with Crippen LogP contribution in [0.5, 0.6) is 0 Å². The topological polar surface area (TPSA) is 59.5 Å². The fraction of sp³-hybridized carbons (Fsp3) is 0.261. The number of esters is 1. The minimum absolute atomic E-state index is 0.0568. The molecular formula is C23H24N2O3S. The molecule has 0 aliphatic rings. The minimum atomic E-state index is -0.380. The molecule has 29 heavy (non-hydrogen) atoms. The number of anilines is 2. The molecule has 0 aliphatic heterocycles. The number of aryl methyl sites for hydroxylation is 4. The van der Waals surface area contributed by atoms with Gasteiger partial charge in [0.05, 0.1) is 16.9 Å². The molecule has 0 radical (unpaired) electrons. The van der Waals surface area contributed by atoms with Gasteiger partial charge in [-0.3, -0.25) is 9.69 Å². The third-order valence-corrected chi connectivity index (χ3v) is 5.47. The molecule has 5 nitrogen and oxygen atoms in total. The summed E-state index contributed by atoms with van der Waals surface area (Å²) in [7, 11) is 0. The number of benzene rings is 2. The molecule has 0 fully saturated rings. The Balaban J connectivity index is 1.76. The van der Waals surface area contributed by atoms with E-state index in [0.717, 1.165) is 27.9 Å². The van der Waals surface area contributed by atoms with Gasteiger partial charge in [0, 0.05) is 12.3 Å². The van der Waals surface area contributed by atoms with Crippen LogP contribution in [0.15, 0.2) is 41.8 Å². The van der Waals surface area contributed by atoms with Crippen molar-refractivity contribution in [3.05, 3.63) is 75.3 Å². The van der Waals surface area contributed by atoms with Crippen LogP contribution >= 0.6 is 11.3 Å². The van der Waals surface area contributed by atoms with E-state index in [1.807, 2.05) is 63.4 Å². The molecule has 0 aliphatic carbocycles. The largest absolute Gasteiger partial charge is 0.456 e. The van der Waals surface area contributed by atoms with Crippen LogP contribution in [0.4, 0.5) is 10.8 Å². The summed E-state index contributed by atoms with van der Waals surface area (Å²) in [5.74, 6) is -0.500. The van der Waals surface area contributed by atoms with Crippen molar-refractivity contribution in [2.24, 2.45) is 0 Å². The van der Waals surface area contributed by atoms with E-state index in [1.165, 1.54) is 18.3 Å². The lowest BCUT2D eigenvalue weighted by Gasteiger charge is -2.20. The lowest BCUT2D eigenvalue weighted by atomic mass is 10.1. The molecule has 3 aromatic rings. The Kier molecular flexibility index (Phi) is 6.13. The average molecular weight is 409 g/mol. The molecule has 0 spiro atoms. The maximum atomic E-state index is 12.4. The zero-order valence-corrected chi connectivity index (χ0v) is 18.1. The van der Waals surface area contributed by atoms with E-state index in [4.69, 9.17) is 4.74 Å². The number of aromatic nitrogens is 1. The second-order valence-corrected chi connectivity index (χ2v) is 8.00. The Bertz CT molecular complexity index is 1070. The molecule has 3 rings (SSSR count). The van der Waals surface area contributed by atoms with Gasteiger partial charge in [0.25, 0.3) is 0 Å². The van der Waals surface area contributed by atoms with E-state index in [-0.39, 0.29) is 18.5 Å². The minimum Gasteiger partial charge on any atom is -0.456 e. The van der Waals surface area contributed by atoms with E-state index < -0.39 is 0 Å². The molecule has 0 bridgehead atoms. The Morgan fingerprint density at radius 2 is 1.66 bits per heavy atom. The summed E-state index contributed by atoms with van der Waals surface area (Å²) in [4.78, 5) is 30.8. The Hall–Kier alpha value is -2.99. The predicted molar refractivity (Wildman–Crippen MR) is 116 cm³/mol. The molecule has 1 heterocycles. The van der Waals surface area contributed by atoms with Gasteiger partial charge in [-0.1, -0.05) is 35.4 Å². The number of rotatable bonds is 5. The molecule has 150 valence electrons. The maximum Gasteiger partial charge on any atom is 0.338 e. The van der Waals surface area contributed by atoms with Gasteiger partial charge in [-0.05, 0) is 51.0 Å². The number of nitrogens with zero attached hydrogens (tertiary/aromatic N) is 2. The van der Waals surface area contributed by atoms with E-state index in [1.54, 1.807) is 11.0 Å². The van der Waals surface area contributed by atoms with Gasteiger partial charge in [0.1, 0.15) is 6.61 Å². The maximum absolute atomic E-state index is 12.4. The number of carbonyl (C=O) groups is 2. The zero-order valence-electron chi connectivity index (χ0n) is 17.3. The Morgan fingerprint density at radius 3 is 2.28 bits per heavy atom. The standard InChI is InChI=1S/C23H24N2O3S/c1-14-6-8-20(16(3)10-14)22(27)28-12-19-13-29-23(24-19)25(18(5)26)21-9-7-15(2)11-17(21)4/h6-11,13H,12H2,1-5H3. The van der Waals surface area contributed by atoms with Crippen LogP contribution in [-0.4, -0.2) is 16.9 Å². The van der Waals surface area contributed by atoms with Gasteiger partial charge in [-0.15, -0.1) is 11.3 Å². The summed E-state index contributed by atoms with van der Waals surface area (Å²) in [5, 5.41) is 2.37. The number of thiazole rings is 1. The van der Waals surface area contributed by atoms with Gasteiger partial charge in [-0.2, -0.15) is 0 Å². The summed E-state index contributed by atoms with van der Waals surface area (Å²) in [6.07, 6.45) is 0. The van der Waals surface area contributed by atoms with Crippen molar-refractivity contribution in [1.82, 2.24) is 4.98 Å². The predicted octanol–water partition coefficient (Wildman–Crippen LogP) is 5.42. The molecule has 1 amide bonds. The van der Waals surface area contributed by atoms with E-state index >= 15 is 0 Å². The summed E-state index contributed by atoms with van der Waals surface area (Å²) in [6.45, 7) is 9.43. The Morgan fingerprint density at radius 1 is 1.00 bits per heavy atom. The van der Waals surface area contributed by atoms with Crippen molar-refractivity contribution in [2.75, 3.05) is 4.90 Å². The monoisotopic (exact) mass is 408 g/mol. The van der Waals surface area contributed by atoms with Gasteiger partial charge in [0.2, 0.25) is 5.91 Å². The van der Waals surface area contributed by atoms with Crippen LogP contribution < -0.4 is 4.90 Å². The molecule has 6 heteroatoms. The third-order valence-electron chi connectivity index (χ3n) is 4.59. The lowest BCUT2D eigenvalue weighted by molar-refractivity contribution is -0.115. The van der Waals surface area contributed by atoms with Crippen LogP contribution in [-0.2, 0) is 16.1 Å². The summed E-state index contributed by atoms with van der Waals surface area (Å²) < 4.78 is 5.44. The number of hydrogen-bond donors (Lipinski definition) is 0. The molecule has 1 aromatic heterocycles. The highest BCUT2D eigenvalue weighted by atomic mass is 32.1. The van der Waals surface area contributed by atoms with Crippen molar-refractivity contribution < 1.29 is 14.3 Å². The van der Waals surface area contributed by atoms with Crippen LogP contribution in [0, 0.1) is 27.7 Å². The highest BCUT2D eigenvalue weighted by Gasteiger charge is 2.20. The number of carbonyl (C=O) groups excluding carboxylic acids is 2. The average Bonchev–Trinajstić information content (AvgIpc) is 3.10. The van der Waals surface area contributed by atoms with Crippen LogP contribution in [0.25, 0.3) is 0 Å². The fourth-order valence-corrected chi connectivity index (χ4v) is 4.05. The zero-order chi connectivity index (χ0) is 21.1. The van der Waals surface area contributed by atoms with Crippen molar-refractivity contribution in [3.8, 4) is 0 Å². The summed E-state index contributed by atoms with van der Waals surface area (Å²) in [6, 6.07) is 11.5. The molecule has 0 N–H and O–H groups in total. The van der Waals surface area contributed by atoms with Crippen molar-refractivity contribution in [3.63, 3.8) is 0 Å². The van der Waals surface area contributed by atoms with Crippen LogP contribution in [0.3, 0.4) is 0 Å². The highest BCUT2D eigenvalue weighted by molar-refractivity contribution is 7.14. The highest BCUT2D eigenvalue weighted by Crippen LogP contribution is 2.32. The molecule has 0 saturated carbocycles. The first-order valence-electron chi connectivity index (χ1n) is 9.33. The first-order valence-corrected chi connectivity index (χ1v) is 10.2. The molecule has 0 saturated heterocycles. The van der Waals surface area contributed by atoms with E-state index in [0.29, 0.717) is 16.4 Å². The van der Waals surface area contributed by atoms with Crippen molar-refractivity contribution in [2.45, 2.75) is 41.2 Å². The van der Waals surface area contributed by atoms with E-state index in [2.05, 4.69) is 4.98 Å². The quantitative estimate of drug-likeness (QED) is 0.529. The molecule has 0 atom stereocenters. The van der Waals surface area contributed by atoms with Gasteiger partial charge in [0.15, 0.2) is 5.13 Å². The normalized spacial score (nSPS) is 10.7. The third kappa shape index (κ3) is 4.71.